The number of hydrogen-bond acceptors (Lipinski definition) is 4. The fraction of sp³-hybridized carbons (Fsp3) is 0.292. The molecule has 0 unspecified atom stereocenters. The third kappa shape index (κ3) is 6.65. The Labute approximate surface area is 188 Å². The number of amides is 2. The van der Waals surface area contributed by atoms with Crippen LogP contribution in [0.1, 0.15) is 19.4 Å². The van der Waals surface area contributed by atoms with Crippen LogP contribution < -0.4 is 15.5 Å². The molecule has 0 saturated carbocycles. The van der Waals surface area contributed by atoms with E-state index in [0.29, 0.717) is 0 Å². The van der Waals surface area contributed by atoms with Crippen molar-refractivity contribution < 1.29 is 9.59 Å². The lowest BCUT2D eigenvalue weighted by molar-refractivity contribution is -0.134. The molecular weight excluding hydrogens is 408 g/mol. The highest BCUT2D eigenvalue weighted by Crippen LogP contribution is 2.20. The molecule has 2 aromatic rings. The zero-order valence-electron chi connectivity index (χ0n) is 17.9. The Morgan fingerprint density at radius 1 is 0.968 bits per heavy atom. The number of piperazine rings is 1. The van der Waals surface area contributed by atoms with Crippen molar-refractivity contribution in [1.82, 2.24) is 10.2 Å². The lowest BCUT2D eigenvalue weighted by atomic mass is 10.1. The van der Waals surface area contributed by atoms with E-state index in [0.717, 1.165) is 43.1 Å². The first-order chi connectivity index (χ1) is 14.9. The van der Waals surface area contributed by atoms with Gasteiger partial charge in [0.2, 0.25) is 11.8 Å². The summed E-state index contributed by atoms with van der Waals surface area (Å²) in [7, 11) is 0. The number of carbonyl (C=O) groups is 2. The summed E-state index contributed by atoms with van der Waals surface area (Å²) >= 11 is 5.23. The van der Waals surface area contributed by atoms with Gasteiger partial charge >= 0.3 is 0 Å². The molecular formula is C24H28N4O2S. The van der Waals surface area contributed by atoms with Gasteiger partial charge < -0.3 is 15.1 Å². The van der Waals surface area contributed by atoms with Crippen molar-refractivity contribution in [2.45, 2.75) is 13.8 Å². The summed E-state index contributed by atoms with van der Waals surface area (Å²) < 4.78 is 0. The van der Waals surface area contributed by atoms with Gasteiger partial charge in [-0.25, -0.2) is 0 Å². The molecule has 0 spiro atoms. The average molecular weight is 437 g/mol. The molecule has 1 aliphatic heterocycles. The standard InChI is InChI=1S/C24H28N4O2S/c1-18(2)23(30)28-16-14-27(15-17-28)21-11-9-20(10-12-21)25-24(31)26-22(29)13-8-19-6-4-3-5-7-19/h3-13,18H,14-17H2,1-2H3,(H2,25,26,29,31)/b13-8+. The van der Waals surface area contributed by atoms with Crippen LogP contribution >= 0.6 is 12.2 Å². The Bertz CT molecular complexity index is 934. The van der Waals surface area contributed by atoms with Crippen LogP contribution in [0.2, 0.25) is 0 Å². The minimum absolute atomic E-state index is 0.0371. The van der Waals surface area contributed by atoms with Crippen molar-refractivity contribution >= 4 is 46.6 Å². The highest BCUT2D eigenvalue weighted by atomic mass is 32.1. The van der Waals surface area contributed by atoms with Gasteiger partial charge in [-0.2, -0.15) is 0 Å². The zero-order chi connectivity index (χ0) is 22.2. The molecule has 3 rings (SSSR count). The molecule has 1 saturated heterocycles. The van der Waals surface area contributed by atoms with E-state index in [2.05, 4.69) is 15.5 Å². The number of rotatable bonds is 5. The number of nitrogens with zero attached hydrogens (tertiary/aromatic N) is 2. The van der Waals surface area contributed by atoms with Gasteiger partial charge in [-0.15, -0.1) is 0 Å². The van der Waals surface area contributed by atoms with E-state index in [1.54, 1.807) is 6.08 Å². The van der Waals surface area contributed by atoms with Crippen LogP contribution in [0.5, 0.6) is 0 Å². The first-order valence-corrected chi connectivity index (χ1v) is 10.8. The van der Waals surface area contributed by atoms with Crippen LogP contribution in [0.4, 0.5) is 11.4 Å². The van der Waals surface area contributed by atoms with Gasteiger partial charge in [0.25, 0.3) is 0 Å². The summed E-state index contributed by atoms with van der Waals surface area (Å²) in [5.74, 6) is -0.0322. The Morgan fingerprint density at radius 3 is 2.23 bits per heavy atom. The molecule has 0 radical (unpaired) electrons. The minimum Gasteiger partial charge on any atom is -0.368 e. The Hall–Kier alpha value is -3.19. The molecule has 2 N–H and O–H groups in total. The second-order valence-electron chi connectivity index (χ2n) is 7.70. The van der Waals surface area contributed by atoms with Gasteiger partial charge in [0.15, 0.2) is 5.11 Å². The summed E-state index contributed by atoms with van der Waals surface area (Å²) in [6, 6.07) is 17.5. The molecule has 0 bridgehead atoms. The zero-order valence-corrected chi connectivity index (χ0v) is 18.7. The maximum atomic E-state index is 12.1. The van der Waals surface area contributed by atoms with Crippen molar-refractivity contribution in [3.05, 3.63) is 66.2 Å². The SMILES string of the molecule is CC(C)C(=O)N1CCN(c2ccc(NC(=S)NC(=O)/C=C/c3ccccc3)cc2)CC1. The second-order valence-corrected chi connectivity index (χ2v) is 8.11. The smallest absolute Gasteiger partial charge is 0.250 e. The molecule has 6 nitrogen and oxygen atoms in total. The van der Waals surface area contributed by atoms with Gasteiger partial charge in [0, 0.05) is 49.5 Å². The first kappa shape index (κ1) is 22.5. The van der Waals surface area contributed by atoms with Gasteiger partial charge in [0.05, 0.1) is 0 Å². The Morgan fingerprint density at radius 2 is 1.61 bits per heavy atom. The van der Waals surface area contributed by atoms with E-state index in [4.69, 9.17) is 12.2 Å². The monoisotopic (exact) mass is 436 g/mol. The molecule has 7 heteroatoms. The van der Waals surface area contributed by atoms with Crippen LogP contribution in [0, 0.1) is 5.92 Å². The number of hydrogen-bond donors (Lipinski definition) is 2. The lowest BCUT2D eigenvalue weighted by Gasteiger charge is -2.37. The van der Waals surface area contributed by atoms with Crippen LogP contribution in [0.3, 0.4) is 0 Å². The highest BCUT2D eigenvalue weighted by Gasteiger charge is 2.22. The normalized spacial score (nSPS) is 14.0. The van der Waals surface area contributed by atoms with E-state index in [1.807, 2.05) is 73.3 Å². The van der Waals surface area contributed by atoms with Crippen molar-refractivity contribution in [1.29, 1.82) is 0 Å². The fourth-order valence-corrected chi connectivity index (χ4v) is 3.58. The Kier molecular flexibility index (Phi) is 7.78. The van der Waals surface area contributed by atoms with E-state index in [9.17, 15) is 9.59 Å². The number of nitrogens with one attached hydrogen (secondary N) is 2. The minimum atomic E-state index is -0.285. The summed E-state index contributed by atoms with van der Waals surface area (Å²) in [6.45, 7) is 6.98. The molecule has 2 amide bonds. The maximum Gasteiger partial charge on any atom is 0.250 e. The van der Waals surface area contributed by atoms with Crippen molar-refractivity contribution in [2.24, 2.45) is 5.92 Å². The van der Waals surface area contributed by atoms with Gasteiger partial charge in [-0.1, -0.05) is 44.2 Å². The average Bonchev–Trinajstić information content (AvgIpc) is 2.78. The molecule has 2 aromatic carbocycles. The van der Waals surface area contributed by atoms with Crippen molar-refractivity contribution in [3.8, 4) is 0 Å². The predicted molar refractivity (Wildman–Crippen MR) is 130 cm³/mol. The summed E-state index contributed by atoms with van der Waals surface area (Å²) in [5.41, 5.74) is 2.85. The van der Waals surface area contributed by atoms with E-state index in [1.165, 1.54) is 6.08 Å². The number of carbonyl (C=O) groups excluding carboxylic acids is 2. The molecule has 0 atom stereocenters. The topological polar surface area (TPSA) is 64.7 Å². The van der Waals surface area contributed by atoms with Crippen LogP contribution in [-0.2, 0) is 9.59 Å². The van der Waals surface area contributed by atoms with E-state index >= 15 is 0 Å². The third-order valence-corrected chi connectivity index (χ3v) is 5.24. The summed E-state index contributed by atoms with van der Waals surface area (Å²) in [4.78, 5) is 28.4. The third-order valence-electron chi connectivity index (χ3n) is 5.04. The predicted octanol–water partition coefficient (Wildman–Crippen LogP) is 3.52. The maximum absolute atomic E-state index is 12.1. The number of thiocarbonyl (C=S) groups is 1. The van der Waals surface area contributed by atoms with Crippen LogP contribution in [0.15, 0.2) is 60.7 Å². The molecule has 1 heterocycles. The fourth-order valence-electron chi connectivity index (χ4n) is 3.36. The van der Waals surface area contributed by atoms with Crippen molar-refractivity contribution in [3.63, 3.8) is 0 Å². The van der Waals surface area contributed by atoms with E-state index < -0.39 is 0 Å². The molecule has 0 aromatic heterocycles. The molecule has 1 aliphatic rings. The number of anilines is 2. The van der Waals surface area contributed by atoms with Gasteiger partial charge in [-0.3, -0.25) is 14.9 Å². The van der Waals surface area contributed by atoms with Crippen molar-refractivity contribution in [2.75, 3.05) is 36.4 Å². The molecule has 0 aliphatic carbocycles. The largest absolute Gasteiger partial charge is 0.368 e. The lowest BCUT2D eigenvalue weighted by Crippen LogP contribution is -2.49. The van der Waals surface area contributed by atoms with E-state index in [-0.39, 0.29) is 22.8 Å². The second kappa shape index (κ2) is 10.7. The van der Waals surface area contributed by atoms with Gasteiger partial charge in [0.1, 0.15) is 0 Å². The highest BCUT2D eigenvalue weighted by molar-refractivity contribution is 7.80. The number of benzene rings is 2. The van der Waals surface area contributed by atoms with Crippen LogP contribution in [0.25, 0.3) is 6.08 Å². The van der Waals surface area contributed by atoms with Gasteiger partial charge in [-0.05, 0) is 48.1 Å². The molecule has 1 fully saturated rings. The summed E-state index contributed by atoms with van der Waals surface area (Å²) in [5, 5.41) is 5.92. The first-order valence-electron chi connectivity index (χ1n) is 10.4. The Balaban J connectivity index is 1.47. The molecule has 162 valence electrons. The molecule has 31 heavy (non-hydrogen) atoms. The quantitative estimate of drug-likeness (QED) is 0.555. The summed E-state index contributed by atoms with van der Waals surface area (Å²) in [6.07, 6.45) is 3.19. The van der Waals surface area contributed by atoms with Crippen LogP contribution in [-0.4, -0.2) is 48.0 Å².